The van der Waals surface area contributed by atoms with Crippen LogP contribution in [0, 0.1) is 5.92 Å². The Morgan fingerprint density at radius 1 is 1.35 bits per heavy atom. The molecule has 1 aliphatic rings. The molecule has 0 bridgehead atoms. The Hall–Kier alpha value is -0.660. The molecule has 0 aliphatic carbocycles. The van der Waals surface area contributed by atoms with Gasteiger partial charge in [-0.15, -0.1) is 0 Å². The van der Waals surface area contributed by atoms with E-state index >= 15 is 0 Å². The lowest BCUT2D eigenvalue weighted by Gasteiger charge is -2.34. The van der Waals surface area contributed by atoms with E-state index in [1.807, 2.05) is 13.8 Å². The van der Waals surface area contributed by atoms with E-state index in [9.17, 15) is 13.2 Å². The Morgan fingerprint density at radius 3 is 2.35 bits per heavy atom. The van der Waals surface area contributed by atoms with Crippen molar-refractivity contribution in [3.05, 3.63) is 0 Å². The van der Waals surface area contributed by atoms with E-state index in [2.05, 4.69) is 4.72 Å². The van der Waals surface area contributed by atoms with E-state index in [1.165, 1.54) is 0 Å². The van der Waals surface area contributed by atoms with Gasteiger partial charge < -0.3 is 10.6 Å². The van der Waals surface area contributed by atoms with Crippen molar-refractivity contribution in [3.63, 3.8) is 0 Å². The number of hydrogen-bond acceptors (Lipinski definition) is 4. The van der Waals surface area contributed by atoms with E-state index in [4.69, 9.17) is 5.73 Å². The first kappa shape index (κ1) is 17.4. The van der Waals surface area contributed by atoms with Crippen molar-refractivity contribution in [2.75, 3.05) is 18.8 Å². The molecule has 0 aromatic heterocycles. The van der Waals surface area contributed by atoms with Gasteiger partial charge in [0.05, 0.1) is 11.8 Å². The number of nitrogens with zero attached hydrogens (tertiary/aromatic N) is 1. The third kappa shape index (κ3) is 4.71. The number of piperidine rings is 1. The van der Waals surface area contributed by atoms with E-state index in [0.29, 0.717) is 25.9 Å². The van der Waals surface area contributed by atoms with Crippen LogP contribution in [0.2, 0.25) is 0 Å². The minimum atomic E-state index is -3.17. The molecule has 1 fully saturated rings. The highest BCUT2D eigenvalue weighted by Crippen LogP contribution is 2.15. The summed E-state index contributed by atoms with van der Waals surface area (Å²) in [4.78, 5) is 14.0. The lowest BCUT2D eigenvalue weighted by molar-refractivity contribution is -0.134. The molecular weight excluding hydrogens is 278 g/mol. The Bertz CT molecular complexity index is 417. The zero-order valence-electron chi connectivity index (χ0n) is 12.6. The van der Waals surface area contributed by atoms with Crippen LogP contribution in [0.3, 0.4) is 0 Å². The van der Waals surface area contributed by atoms with E-state index in [0.717, 1.165) is 6.42 Å². The van der Waals surface area contributed by atoms with Crippen LogP contribution in [0.4, 0.5) is 0 Å². The first-order chi connectivity index (χ1) is 9.30. The number of likely N-dealkylation sites (tertiary alicyclic amines) is 1. The topological polar surface area (TPSA) is 92.5 Å². The SMILES string of the molecule is CC[C@H](C)[C@H](N)C(=O)N1CCC(NS(=O)(=O)CC)CC1. The highest BCUT2D eigenvalue weighted by Gasteiger charge is 2.29. The second-order valence-electron chi connectivity index (χ2n) is 5.53. The summed E-state index contributed by atoms with van der Waals surface area (Å²) in [6.45, 7) is 6.75. The minimum Gasteiger partial charge on any atom is -0.341 e. The molecule has 6 nitrogen and oxygen atoms in total. The molecule has 1 rings (SSSR count). The van der Waals surface area contributed by atoms with Gasteiger partial charge in [-0.1, -0.05) is 20.3 Å². The highest BCUT2D eigenvalue weighted by atomic mass is 32.2. The third-order valence-electron chi connectivity index (χ3n) is 4.08. The van der Waals surface area contributed by atoms with Crippen LogP contribution in [0.15, 0.2) is 0 Å². The third-order valence-corrected chi connectivity index (χ3v) is 5.53. The maximum atomic E-state index is 12.2. The zero-order chi connectivity index (χ0) is 15.3. The second kappa shape index (κ2) is 7.38. The van der Waals surface area contributed by atoms with Gasteiger partial charge in [0.1, 0.15) is 0 Å². The summed E-state index contributed by atoms with van der Waals surface area (Å²) in [5, 5.41) is 0. The van der Waals surface area contributed by atoms with E-state index < -0.39 is 16.1 Å². The Kier molecular flexibility index (Phi) is 6.42. The number of sulfonamides is 1. The van der Waals surface area contributed by atoms with Crippen molar-refractivity contribution in [2.24, 2.45) is 11.7 Å². The quantitative estimate of drug-likeness (QED) is 0.737. The molecule has 0 saturated carbocycles. The second-order valence-corrected chi connectivity index (χ2v) is 7.57. The summed E-state index contributed by atoms with van der Waals surface area (Å²) in [5.41, 5.74) is 5.96. The summed E-state index contributed by atoms with van der Waals surface area (Å²) < 4.78 is 25.7. The molecule has 1 saturated heterocycles. The molecule has 20 heavy (non-hydrogen) atoms. The Morgan fingerprint density at radius 2 is 1.90 bits per heavy atom. The lowest BCUT2D eigenvalue weighted by atomic mass is 9.97. The molecule has 0 aromatic carbocycles. The molecule has 0 unspecified atom stereocenters. The number of amides is 1. The van der Waals surface area contributed by atoms with Crippen molar-refractivity contribution >= 4 is 15.9 Å². The van der Waals surface area contributed by atoms with Crippen LogP contribution in [-0.2, 0) is 14.8 Å². The molecule has 1 heterocycles. The van der Waals surface area contributed by atoms with Crippen LogP contribution in [0.1, 0.15) is 40.0 Å². The number of nitrogens with one attached hydrogen (secondary N) is 1. The van der Waals surface area contributed by atoms with Crippen molar-refractivity contribution < 1.29 is 13.2 Å². The fourth-order valence-corrected chi connectivity index (χ4v) is 3.17. The van der Waals surface area contributed by atoms with Gasteiger partial charge in [-0.2, -0.15) is 0 Å². The van der Waals surface area contributed by atoms with Gasteiger partial charge in [0.15, 0.2) is 0 Å². The Labute approximate surface area is 122 Å². The summed E-state index contributed by atoms with van der Waals surface area (Å²) in [6, 6.07) is -0.521. The maximum absolute atomic E-state index is 12.2. The first-order valence-corrected chi connectivity index (χ1v) is 9.00. The molecule has 1 aliphatic heterocycles. The fourth-order valence-electron chi connectivity index (χ4n) is 2.26. The van der Waals surface area contributed by atoms with Gasteiger partial charge in [-0.25, -0.2) is 13.1 Å². The molecule has 0 aromatic rings. The normalized spacial score (nSPS) is 20.7. The maximum Gasteiger partial charge on any atom is 0.239 e. The number of nitrogens with two attached hydrogens (primary N) is 1. The summed E-state index contributed by atoms with van der Waals surface area (Å²) in [7, 11) is -3.17. The molecular formula is C13H27N3O3S. The molecule has 0 spiro atoms. The average Bonchev–Trinajstić information content (AvgIpc) is 2.45. The summed E-state index contributed by atoms with van der Waals surface area (Å²) in [5.74, 6) is 0.236. The van der Waals surface area contributed by atoms with Gasteiger partial charge in [0, 0.05) is 19.1 Å². The first-order valence-electron chi connectivity index (χ1n) is 7.35. The predicted molar refractivity (Wildman–Crippen MR) is 79.6 cm³/mol. The van der Waals surface area contributed by atoms with Crippen LogP contribution in [-0.4, -0.2) is 50.2 Å². The molecule has 118 valence electrons. The lowest BCUT2D eigenvalue weighted by Crippen LogP contribution is -2.52. The van der Waals surface area contributed by atoms with Crippen LogP contribution >= 0.6 is 0 Å². The molecule has 1 amide bonds. The molecule has 7 heteroatoms. The molecule has 2 atom stereocenters. The summed E-state index contributed by atoms with van der Waals surface area (Å²) in [6.07, 6.45) is 2.18. The van der Waals surface area contributed by atoms with Gasteiger partial charge in [-0.3, -0.25) is 4.79 Å². The average molecular weight is 305 g/mol. The standard InChI is InChI=1S/C13H27N3O3S/c1-4-10(3)12(14)13(17)16-8-6-11(7-9-16)15-20(18,19)5-2/h10-12,15H,4-9,14H2,1-3H3/t10-,12-/m0/s1. The number of hydrogen-bond donors (Lipinski definition) is 2. The van der Waals surface area contributed by atoms with Gasteiger partial charge in [0.2, 0.25) is 15.9 Å². The van der Waals surface area contributed by atoms with Crippen molar-refractivity contribution in [3.8, 4) is 0 Å². The van der Waals surface area contributed by atoms with Gasteiger partial charge in [-0.05, 0) is 25.7 Å². The van der Waals surface area contributed by atoms with Gasteiger partial charge >= 0.3 is 0 Å². The Balaban J connectivity index is 2.48. The van der Waals surface area contributed by atoms with E-state index in [1.54, 1.807) is 11.8 Å². The largest absolute Gasteiger partial charge is 0.341 e. The van der Waals surface area contributed by atoms with Crippen molar-refractivity contribution in [2.45, 2.75) is 52.1 Å². The number of carbonyl (C=O) groups is 1. The fraction of sp³-hybridized carbons (Fsp3) is 0.923. The smallest absolute Gasteiger partial charge is 0.239 e. The molecule has 0 radical (unpaired) electrons. The van der Waals surface area contributed by atoms with Gasteiger partial charge in [0.25, 0.3) is 0 Å². The molecule has 3 N–H and O–H groups in total. The highest BCUT2D eigenvalue weighted by molar-refractivity contribution is 7.89. The monoisotopic (exact) mass is 305 g/mol. The van der Waals surface area contributed by atoms with Crippen LogP contribution in [0.5, 0.6) is 0 Å². The van der Waals surface area contributed by atoms with Crippen LogP contribution in [0.25, 0.3) is 0 Å². The number of rotatable bonds is 6. The zero-order valence-corrected chi connectivity index (χ0v) is 13.4. The predicted octanol–water partition coefficient (Wildman–Crippen LogP) is 0.290. The van der Waals surface area contributed by atoms with Crippen molar-refractivity contribution in [1.29, 1.82) is 0 Å². The van der Waals surface area contributed by atoms with Crippen LogP contribution < -0.4 is 10.5 Å². The number of carbonyl (C=O) groups excluding carboxylic acids is 1. The summed E-state index contributed by atoms with van der Waals surface area (Å²) >= 11 is 0. The minimum absolute atomic E-state index is 0.0175. The van der Waals surface area contributed by atoms with E-state index in [-0.39, 0.29) is 23.6 Å². The van der Waals surface area contributed by atoms with Crippen molar-refractivity contribution in [1.82, 2.24) is 9.62 Å².